The molecule has 0 spiro atoms. The van der Waals surface area contributed by atoms with E-state index < -0.39 is 0 Å². The van der Waals surface area contributed by atoms with Gasteiger partial charge < -0.3 is 0 Å². The largest absolute Gasteiger partial charge is 0.254 e. The Hall–Kier alpha value is -17.0. The molecule has 0 fully saturated rings. The zero-order valence-electron chi connectivity index (χ0n) is 69.5. The minimum atomic E-state index is 0.922. The van der Waals surface area contributed by atoms with Gasteiger partial charge in [0.05, 0.1) is 50.4 Å². The zero-order chi connectivity index (χ0) is 84.3. The highest BCUT2D eigenvalue weighted by Gasteiger charge is 2.24. The molecule has 0 atom stereocenters. The van der Waals surface area contributed by atoms with E-state index in [0.717, 1.165) is 110 Å². The van der Waals surface area contributed by atoms with E-state index in [2.05, 4.69) is 443 Å². The summed E-state index contributed by atoms with van der Waals surface area (Å²) in [5, 5.41) is 34.8. The highest BCUT2D eigenvalue weighted by Crippen LogP contribution is 2.50. The molecule has 0 unspecified atom stereocenters. The fraction of sp³-hybridized carbons (Fsp3) is 0. The number of hydrogen-bond acceptors (Lipinski definition) is 5. The molecule has 27 aromatic rings. The van der Waals surface area contributed by atoms with Crippen LogP contribution in [0.5, 0.6) is 0 Å². The summed E-state index contributed by atoms with van der Waals surface area (Å²) in [6.45, 7) is 0. The summed E-state index contributed by atoms with van der Waals surface area (Å²) in [7, 11) is 0. The maximum Gasteiger partial charge on any atom is 0.0972 e. The van der Waals surface area contributed by atoms with Crippen LogP contribution in [-0.2, 0) is 0 Å². The molecule has 22 aromatic carbocycles. The first kappa shape index (κ1) is 73.7. The third-order valence-corrected chi connectivity index (χ3v) is 26.3. The zero-order valence-corrected chi connectivity index (χ0v) is 69.5. The quantitative estimate of drug-likeness (QED) is 0.118. The second-order valence-corrected chi connectivity index (χ2v) is 33.5. The Balaban J connectivity index is 0.000000104. The van der Waals surface area contributed by atoms with Gasteiger partial charge in [-0.05, 0) is 196 Å². The van der Waals surface area contributed by atoms with Gasteiger partial charge in [-0.2, -0.15) is 0 Å². The van der Waals surface area contributed by atoms with E-state index >= 15 is 0 Å². The molecule has 592 valence electrons. The minimum Gasteiger partial charge on any atom is -0.254 e. The molecule has 0 amide bonds. The smallest absolute Gasteiger partial charge is 0.0972 e. The number of hydrogen-bond donors (Lipinski definition) is 0. The summed E-state index contributed by atoms with van der Waals surface area (Å²) in [5.74, 6) is 0. The lowest BCUT2D eigenvalue weighted by Gasteiger charge is -2.19. The van der Waals surface area contributed by atoms with Crippen LogP contribution in [0.25, 0.3) is 262 Å². The molecule has 27 rings (SSSR count). The van der Waals surface area contributed by atoms with Crippen LogP contribution >= 0.6 is 0 Å². The van der Waals surface area contributed by atoms with E-state index in [9.17, 15) is 0 Å². The molecule has 128 heavy (non-hydrogen) atoms. The molecule has 0 radical (unpaired) electrons. The molecule has 5 heterocycles. The Kier molecular flexibility index (Phi) is 17.6. The first-order valence-corrected chi connectivity index (χ1v) is 43.8. The lowest BCUT2D eigenvalue weighted by atomic mass is 9.84. The molecule has 0 saturated heterocycles. The van der Waals surface area contributed by atoms with Gasteiger partial charge >= 0.3 is 0 Å². The van der Waals surface area contributed by atoms with Gasteiger partial charge in [-0.1, -0.05) is 394 Å². The van der Waals surface area contributed by atoms with Crippen molar-refractivity contribution in [2.24, 2.45) is 0 Å². The van der Waals surface area contributed by atoms with Gasteiger partial charge in [-0.25, -0.2) is 19.9 Å². The van der Waals surface area contributed by atoms with Crippen LogP contribution in [0.3, 0.4) is 0 Å². The van der Waals surface area contributed by atoms with Crippen molar-refractivity contribution in [3.8, 4) is 78.4 Å². The Morgan fingerprint density at radius 2 is 0.430 bits per heavy atom. The van der Waals surface area contributed by atoms with E-state index in [1.54, 1.807) is 0 Å². The summed E-state index contributed by atoms with van der Waals surface area (Å²) in [6, 6.07) is 161. The lowest BCUT2D eigenvalue weighted by Crippen LogP contribution is -1.95. The molecular formula is C123H75N5. The lowest BCUT2D eigenvalue weighted by molar-refractivity contribution is 1.38. The number of aromatic nitrogens is 5. The van der Waals surface area contributed by atoms with Crippen molar-refractivity contribution in [2.45, 2.75) is 0 Å². The second kappa shape index (κ2) is 30.5. The molecule has 5 nitrogen and oxygen atoms in total. The summed E-state index contributed by atoms with van der Waals surface area (Å²) in [6.07, 6.45) is 1.84. The van der Waals surface area contributed by atoms with Crippen LogP contribution in [0, 0.1) is 0 Å². The number of pyridine rings is 5. The molecule has 0 bridgehead atoms. The topological polar surface area (TPSA) is 64.5 Å². The van der Waals surface area contributed by atoms with E-state index in [1.165, 1.54) is 152 Å². The first-order chi connectivity index (χ1) is 63.5. The van der Waals surface area contributed by atoms with Gasteiger partial charge in [0.2, 0.25) is 0 Å². The van der Waals surface area contributed by atoms with E-state index in [4.69, 9.17) is 24.9 Å². The Morgan fingerprint density at radius 3 is 0.938 bits per heavy atom. The molecule has 0 aliphatic carbocycles. The fourth-order valence-corrected chi connectivity index (χ4v) is 20.2. The van der Waals surface area contributed by atoms with Crippen molar-refractivity contribution >= 4 is 184 Å². The van der Waals surface area contributed by atoms with E-state index in [1.807, 2.05) is 12.3 Å². The maximum absolute atomic E-state index is 5.46. The molecule has 0 saturated carbocycles. The summed E-state index contributed by atoms with van der Waals surface area (Å²) < 4.78 is 0. The predicted molar refractivity (Wildman–Crippen MR) is 544 cm³/mol. The molecule has 0 aliphatic heterocycles. The third kappa shape index (κ3) is 12.5. The van der Waals surface area contributed by atoms with Gasteiger partial charge in [0.25, 0.3) is 0 Å². The monoisotopic (exact) mass is 1620 g/mol. The average molecular weight is 1620 g/mol. The third-order valence-electron chi connectivity index (χ3n) is 26.3. The van der Waals surface area contributed by atoms with E-state index in [-0.39, 0.29) is 0 Å². The van der Waals surface area contributed by atoms with Gasteiger partial charge in [0, 0.05) is 76.9 Å². The summed E-state index contributed by atoms with van der Waals surface area (Å²) in [5.41, 5.74) is 20.9. The van der Waals surface area contributed by atoms with Crippen molar-refractivity contribution < 1.29 is 0 Å². The first-order valence-electron chi connectivity index (χ1n) is 43.8. The fourth-order valence-electron chi connectivity index (χ4n) is 20.2. The highest BCUT2D eigenvalue weighted by atomic mass is 14.8. The van der Waals surface area contributed by atoms with E-state index in [0.29, 0.717) is 0 Å². The summed E-state index contributed by atoms with van der Waals surface area (Å²) >= 11 is 0. The Labute approximate surface area is 737 Å². The Bertz CT molecular complexity index is 9050. The number of benzene rings is 22. The van der Waals surface area contributed by atoms with Gasteiger partial charge in [-0.15, -0.1) is 0 Å². The van der Waals surface area contributed by atoms with Crippen molar-refractivity contribution in [1.82, 2.24) is 24.9 Å². The standard InChI is InChI=1S/C45H27N.C39H23N3.C39H25N/c1-4-12-34-28(9-1)17-18-31-20-22-33(27-40(31)34)42-37-15-7-8-16-38(37)44(43-35-13-5-2-10-29(35)23-25-39(42)43)41-26-24-32-21-19-30-11-3-6-14-36(30)45(32)46-41;1-2-10-28-24(8-1)15-16-26-19-21-33(41-37(26)28)35-29-11-3-5-13-31(29)36(32-14-6-4-12-30(32)35)34-22-20-27-18-17-25-9-7-23-40-38(25)39(27)42-34;1-3-9-26(10-4-1)30-19-21-34-33(23-30)24-32-18-17-31(27-11-5-2-6-12-27)25-36(32)38(34)37-22-20-29-16-15-28-13-7-8-14-35(28)39(29)40-37/h1-27H;1-23H;1-25H. The van der Waals surface area contributed by atoms with Crippen molar-refractivity contribution in [1.29, 1.82) is 0 Å². The normalized spacial score (nSPS) is 11.8. The highest BCUT2D eigenvalue weighted by molar-refractivity contribution is 6.29. The van der Waals surface area contributed by atoms with Crippen LogP contribution in [-0.4, -0.2) is 24.9 Å². The minimum absolute atomic E-state index is 0.922. The molecular weight excluding hydrogens is 1550 g/mol. The summed E-state index contributed by atoms with van der Waals surface area (Å²) in [4.78, 5) is 26.1. The maximum atomic E-state index is 5.46. The van der Waals surface area contributed by atoms with Crippen LogP contribution in [0.1, 0.15) is 0 Å². The molecule has 5 aromatic heterocycles. The average Bonchev–Trinajstić information content (AvgIpc) is 0.726. The van der Waals surface area contributed by atoms with Crippen LogP contribution in [0.15, 0.2) is 455 Å². The molecule has 5 heteroatoms. The van der Waals surface area contributed by atoms with Crippen molar-refractivity contribution in [3.63, 3.8) is 0 Å². The van der Waals surface area contributed by atoms with Crippen LogP contribution in [0.4, 0.5) is 0 Å². The predicted octanol–water partition coefficient (Wildman–Crippen LogP) is 33.3. The molecule has 0 N–H and O–H groups in total. The van der Waals surface area contributed by atoms with Gasteiger partial charge in [-0.3, -0.25) is 4.98 Å². The van der Waals surface area contributed by atoms with Crippen LogP contribution in [0.2, 0.25) is 0 Å². The second-order valence-electron chi connectivity index (χ2n) is 33.5. The SMILES string of the molecule is c1ccc(-c2ccc3c(-c4ccc5ccc6ccccc6c5n4)c4cc(-c5ccccc5)ccc4cc3c2)cc1.c1ccc2c(c1)ccc1ccc(-c3c4ccccc4c(-c4ccc5ccc6ccccc6c5n4)c4c3ccc3ccccc34)cc12.c1ccc2c(c1)ccc1ccc(-c3c4ccccc4c(-c4ccc5ccc6cccnc6c5n4)c4ccccc34)nc12. The number of nitrogens with zero attached hydrogens (tertiary/aromatic N) is 5. The van der Waals surface area contributed by atoms with Gasteiger partial charge in [0.15, 0.2) is 0 Å². The van der Waals surface area contributed by atoms with Gasteiger partial charge in [0.1, 0.15) is 0 Å². The van der Waals surface area contributed by atoms with Crippen molar-refractivity contribution in [2.75, 3.05) is 0 Å². The number of rotatable bonds is 7. The van der Waals surface area contributed by atoms with Crippen LogP contribution < -0.4 is 0 Å². The Morgan fingerprint density at radius 1 is 0.125 bits per heavy atom. The molecule has 0 aliphatic rings. The van der Waals surface area contributed by atoms with Crippen molar-refractivity contribution in [3.05, 3.63) is 455 Å². The number of fused-ring (bicyclic) bond motifs is 23.